The molecule has 3 rings (SSSR count). The molecule has 5 nitrogen and oxygen atoms in total. The fourth-order valence-electron chi connectivity index (χ4n) is 3.02. The zero-order valence-corrected chi connectivity index (χ0v) is 15.5. The standard InChI is InChI=1S/C18H23BrN4O/c1-13-7-9-14(10-8-13)11-23-12-16(19)17(22-23)21-18(24)20-15-5-3-2-4-6-15/h7-10,12,15H,2-6,11H2,1H3,(H2,20,21,22,24). The van der Waals surface area contributed by atoms with E-state index < -0.39 is 0 Å². The van der Waals surface area contributed by atoms with Crippen LogP contribution in [0.15, 0.2) is 34.9 Å². The molecule has 0 unspecified atom stereocenters. The lowest BCUT2D eigenvalue weighted by molar-refractivity contribution is 0.244. The predicted octanol–water partition coefficient (Wildman–Crippen LogP) is 4.46. The molecular weight excluding hydrogens is 368 g/mol. The van der Waals surface area contributed by atoms with E-state index in [0.717, 1.165) is 17.3 Å². The molecule has 2 aromatic rings. The van der Waals surface area contributed by atoms with E-state index in [9.17, 15) is 4.79 Å². The van der Waals surface area contributed by atoms with E-state index in [4.69, 9.17) is 0 Å². The van der Waals surface area contributed by atoms with Gasteiger partial charge in [-0.1, -0.05) is 49.1 Å². The van der Waals surface area contributed by atoms with E-state index in [1.807, 2.05) is 10.9 Å². The minimum absolute atomic E-state index is 0.178. The third-order valence-electron chi connectivity index (χ3n) is 4.35. The Morgan fingerprint density at radius 1 is 1.25 bits per heavy atom. The van der Waals surface area contributed by atoms with Crippen LogP contribution in [0.4, 0.5) is 10.6 Å². The van der Waals surface area contributed by atoms with Gasteiger partial charge >= 0.3 is 6.03 Å². The van der Waals surface area contributed by atoms with Crippen molar-refractivity contribution >= 4 is 27.8 Å². The average Bonchev–Trinajstić information content (AvgIpc) is 2.90. The normalized spacial score (nSPS) is 15.2. The van der Waals surface area contributed by atoms with E-state index >= 15 is 0 Å². The first-order valence-electron chi connectivity index (χ1n) is 8.46. The van der Waals surface area contributed by atoms with Crippen LogP contribution in [-0.4, -0.2) is 21.9 Å². The molecule has 1 saturated carbocycles. The third-order valence-corrected chi connectivity index (χ3v) is 4.93. The summed E-state index contributed by atoms with van der Waals surface area (Å²) >= 11 is 3.47. The molecule has 1 heterocycles. The van der Waals surface area contributed by atoms with Crippen molar-refractivity contribution in [2.75, 3.05) is 5.32 Å². The van der Waals surface area contributed by atoms with Gasteiger partial charge in [-0.25, -0.2) is 4.79 Å². The molecule has 2 N–H and O–H groups in total. The predicted molar refractivity (Wildman–Crippen MR) is 99.2 cm³/mol. The number of aromatic nitrogens is 2. The van der Waals surface area contributed by atoms with Crippen molar-refractivity contribution in [1.29, 1.82) is 0 Å². The van der Waals surface area contributed by atoms with Gasteiger partial charge in [0.25, 0.3) is 0 Å². The summed E-state index contributed by atoms with van der Waals surface area (Å²) in [6.07, 6.45) is 7.68. The monoisotopic (exact) mass is 390 g/mol. The second-order valence-corrected chi connectivity index (χ2v) is 7.30. The molecule has 1 aliphatic carbocycles. The van der Waals surface area contributed by atoms with Crippen LogP contribution in [0.25, 0.3) is 0 Å². The summed E-state index contributed by atoms with van der Waals surface area (Å²) in [5.74, 6) is 0.551. The minimum Gasteiger partial charge on any atom is -0.335 e. The Morgan fingerprint density at radius 2 is 1.96 bits per heavy atom. The molecule has 128 valence electrons. The summed E-state index contributed by atoms with van der Waals surface area (Å²) in [5.41, 5.74) is 2.41. The van der Waals surface area contributed by atoms with Gasteiger partial charge in [0.05, 0.1) is 11.0 Å². The summed E-state index contributed by atoms with van der Waals surface area (Å²) in [5, 5.41) is 10.3. The van der Waals surface area contributed by atoms with Gasteiger partial charge in [-0.3, -0.25) is 10.00 Å². The maximum atomic E-state index is 12.1. The zero-order valence-electron chi connectivity index (χ0n) is 13.9. The first-order valence-corrected chi connectivity index (χ1v) is 9.25. The number of hydrogen-bond acceptors (Lipinski definition) is 2. The summed E-state index contributed by atoms with van der Waals surface area (Å²) in [7, 11) is 0. The van der Waals surface area contributed by atoms with Gasteiger partial charge in [-0.15, -0.1) is 0 Å². The number of aryl methyl sites for hydroxylation is 1. The van der Waals surface area contributed by atoms with Gasteiger partial charge < -0.3 is 5.32 Å². The SMILES string of the molecule is Cc1ccc(Cn2cc(Br)c(NC(=O)NC3CCCCC3)n2)cc1. The lowest BCUT2D eigenvalue weighted by Gasteiger charge is -2.22. The zero-order chi connectivity index (χ0) is 16.9. The Bertz CT molecular complexity index is 690. The lowest BCUT2D eigenvalue weighted by Crippen LogP contribution is -2.39. The summed E-state index contributed by atoms with van der Waals surface area (Å²) in [6.45, 7) is 2.74. The number of nitrogens with one attached hydrogen (secondary N) is 2. The molecule has 0 saturated heterocycles. The van der Waals surface area contributed by atoms with Gasteiger partial charge in [-0.05, 0) is 41.3 Å². The second-order valence-electron chi connectivity index (χ2n) is 6.44. The first kappa shape index (κ1) is 17.0. The van der Waals surface area contributed by atoms with Crippen molar-refractivity contribution in [3.63, 3.8) is 0 Å². The number of carbonyl (C=O) groups is 1. The summed E-state index contributed by atoms with van der Waals surface area (Å²) in [4.78, 5) is 12.1. The van der Waals surface area contributed by atoms with Crippen LogP contribution in [0.5, 0.6) is 0 Å². The van der Waals surface area contributed by atoms with E-state index in [0.29, 0.717) is 12.4 Å². The van der Waals surface area contributed by atoms with Crippen molar-refractivity contribution in [3.8, 4) is 0 Å². The quantitative estimate of drug-likeness (QED) is 0.809. The Labute approximate surface area is 151 Å². The Balaban J connectivity index is 1.58. The van der Waals surface area contributed by atoms with Gasteiger partial charge in [-0.2, -0.15) is 5.10 Å². The van der Waals surface area contributed by atoms with Crippen molar-refractivity contribution in [3.05, 3.63) is 46.1 Å². The van der Waals surface area contributed by atoms with Crippen molar-refractivity contribution < 1.29 is 4.79 Å². The van der Waals surface area contributed by atoms with Crippen molar-refractivity contribution in [2.45, 2.75) is 51.6 Å². The van der Waals surface area contributed by atoms with Crippen LogP contribution in [0, 0.1) is 6.92 Å². The second kappa shape index (κ2) is 7.83. The largest absolute Gasteiger partial charge is 0.335 e. The van der Waals surface area contributed by atoms with E-state index in [1.54, 1.807) is 0 Å². The molecule has 1 aromatic carbocycles. The van der Waals surface area contributed by atoms with Gasteiger partial charge in [0.15, 0.2) is 5.82 Å². The highest BCUT2D eigenvalue weighted by molar-refractivity contribution is 9.10. The summed E-state index contributed by atoms with van der Waals surface area (Å²) < 4.78 is 2.61. The maximum absolute atomic E-state index is 12.1. The molecule has 1 aromatic heterocycles. The Kier molecular flexibility index (Phi) is 5.56. The topological polar surface area (TPSA) is 59.0 Å². The molecule has 1 aliphatic rings. The molecule has 0 bridgehead atoms. The average molecular weight is 391 g/mol. The maximum Gasteiger partial charge on any atom is 0.320 e. The molecule has 0 atom stereocenters. The van der Waals surface area contributed by atoms with Crippen LogP contribution >= 0.6 is 15.9 Å². The molecule has 6 heteroatoms. The Morgan fingerprint density at radius 3 is 2.67 bits per heavy atom. The van der Waals surface area contributed by atoms with Gasteiger partial charge in [0, 0.05) is 12.2 Å². The van der Waals surface area contributed by atoms with Crippen LogP contribution in [0.3, 0.4) is 0 Å². The number of amides is 2. The number of nitrogens with zero attached hydrogens (tertiary/aromatic N) is 2. The Hall–Kier alpha value is -1.82. The molecule has 2 amide bonds. The van der Waals surface area contributed by atoms with Crippen LogP contribution < -0.4 is 10.6 Å². The van der Waals surface area contributed by atoms with E-state index in [1.165, 1.54) is 30.4 Å². The highest BCUT2D eigenvalue weighted by atomic mass is 79.9. The van der Waals surface area contributed by atoms with Crippen molar-refractivity contribution in [1.82, 2.24) is 15.1 Å². The van der Waals surface area contributed by atoms with E-state index in [2.05, 4.69) is 62.9 Å². The molecular formula is C18H23BrN4O. The number of carbonyl (C=O) groups excluding carboxylic acids is 1. The molecule has 1 fully saturated rings. The number of benzene rings is 1. The van der Waals surface area contributed by atoms with Crippen molar-refractivity contribution in [2.24, 2.45) is 0 Å². The van der Waals surface area contributed by atoms with Gasteiger partial charge in [0.2, 0.25) is 0 Å². The number of anilines is 1. The lowest BCUT2D eigenvalue weighted by atomic mass is 9.96. The van der Waals surface area contributed by atoms with Crippen LogP contribution in [0.1, 0.15) is 43.2 Å². The fourth-order valence-corrected chi connectivity index (χ4v) is 3.43. The number of urea groups is 1. The van der Waals surface area contributed by atoms with Crippen LogP contribution in [-0.2, 0) is 6.54 Å². The van der Waals surface area contributed by atoms with E-state index in [-0.39, 0.29) is 12.1 Å². The smallest absolute Gasteiger partial charge is 0.320 e. The third kappa shape index (κ3) is 4.60. The highest BCUT2D eigenvalue weighted by Crippen LogP contribution is 2.21. The fraction of sp³-hybridized carbons (Fsp3) is 0.444. The minimum atomic E-state index is -0.178. The molecule has 0 aliphatic heterocycles. The number of hydrogen-bond donors (Lipinski definition) is 2. The molecule has 0 radical (unpaired) electrons. The summed E-state index contributed by atoms with van der Waals surface area (Å²) in [6, 6.07) is 8.46. The number of halogens is 1. The highest BCUT2D eigenvalue weighted by Gasteiger charge is 2.17. The number of rotatable bonds is 4. The van der Waals surface area contributed by atoms with Gasteiger partial charge in [0.1, 0.15) is 0 Å². The first-order chi connectivity index (χ1) is 11.6. The molecule has 24 heavy (non-hydrogen) atoms. The van der Waals surface area contributed by atoms with Crippen LogP contribution in [0.2, 0.25) is 0 Å². The molecule has 0 spiro atoms.